The summed E-state index contributed by atoms with van der Waals surface area (Å²) in [6.07, 6.45) is 3.19. The largest absolute Gasteiger partial charge is 0.338 e. The molecule has 0 radical (unpaired) electrons. The Hall–Kier alpha value is -1.43. The van der Waals surface area contributed by atoms with Crippen molar-refractivity contribution in [1.82, 2.24) is 4.90 Å². The van der Waals surface area contributed by atoms with Gasteiger partial charge in [-0.05, 0) is 37.7 Å². The smallest absolute Gasteiger partial charge is 0.270 e. The number of aryl methyl sites for hydroxylation is 1. The van der Waals surface area contributed by atoms with Crippen LogP contribution in [0.4, 0.5) is 5.69 Å². The second-order valence-electron chi connectivity index (χ2n) is 5.49. The molecular formula is C15H19BrN2O3. The maximum Gasteiger partial charge on any atom is 0.270 e. The molecule has 1 aromatic carbocycles. The van der Waals surface area contributed by atoms with Gasteiger partial charge in [-0.1, -0.05) is 22.0 Å². The fourth-order valence-corrected chi connectivity index (χ4v) is 3.41. The Bertz CT molecular complexity index is 546. The molecule has 1 fully saturated rings. The normalized spacial score (nSPS) is 18.6. The molecule has 0 bridgehead atoms. The van der Waals surface area contributed by atoms with Crippen molar-refractivity contribution in [2.75, 3.05) is 18.4 Å². The molecule has 0 saturated carbocycles. The van der Waals surface area contributed by atoms with Gasteiger partial charge in [-0.15, -0.1) is 0 Å². The Morgan fingerprint density at radius 1 is 1.52 bits per heavy atom. The minimum atomic E-state index is -0.458. The van der Waals surface area contributed by atoms with E-state index in [-0.39, 0.29) is 11.6 Å². The van der Waals surface area contributed by atoms with Crippen LogP contribution >= 0.6 is 15.9 Å². The average Bonchev–Trinajstić information content (AvgIpc) is 2.47. The van der Waals surface area contributed by atoms with Crippen LogP contribution in [0.2, 0.25) is 0 Å². The Morgan fingerprint density at radius 3 is 2.95 bits per heavy atom. The van der Waals surface area contributed by atoms with Crippen LogP contribution in [-0.2, 0) is 0 Å². The lowest BCUT2D eigenvalue weighted by Gasteiger charge is -2.33. The van der Waals surface area contributed by atoms with Crippen LogP contribution in [0.1, 0.15) is 35.2 Å². The maximum atomic E-state index is 12.6. The number of likely N-dealkylation sites (tertiary alicyclic amines) is 1. The summed E-state index contributed by atoms with van der Waals surface area (Å²) in [7, 11) is 0. The average molecular weight is 355 g/mol. The first-order valence-electron chi connectivity index (χ1n) is 7.13. The molecule has 2 rings (SSSR count). The zero-order valence-corrected chi connectivity index (χ0v) is 13.6. The Balaban J connectivity index is 2.19. The zero-order valence-electron chi connectivity index (χ0n) is 12.0. The summed E-state index contributed by atoms with van der Waals surface area (Å²) in [4.78, 5) is 24.9. The molecule has 1 heterocycles. The van der Waals surface area contributed by atoms with Gasteiger partial charge < -0.3 is 4.90 Å². The van der Waals surface area contributed by atoms with Crippen molar-refractivity contribution in [3.05, 3.63) is 39.4 Å². The van der Waals surface area contributed by atoms with Crippen molar-refractivity contribution < 1.29 is 9.72 Å². The third-order valence-corrected chi connectivity index (χ3v) is 4.44. The van der Waals surface area contributed by atoms with E-state index in [4.69, 9.17) is 0 Å². The number of rotatable bonds is 4. The van der Waals surface area contributed by atoms with Crippen LogP contribution in [0.3, 0.4) is 0 Å². The number of nitrogens with zero attached hydrogens (tertiary/aromatic N) is 2. The summed E-state index contributed by atoms with van der Waals surface area (Å²) in [6.45, 7) is 3.29. The number of amides is 1. The van der Waals surface area contributed by atoms with Crippen LogP contribution in [0.5, 0.6) is 0 Å². The first kappa shape index (κ1) is 15.9. The Morgan fingerprint density at radius 2 is 2.29 bits per heavy atom. The minimum Gasteiger partial charge on any atom is -0.338 e. The van der Waals surface area contributed by atoms with Gasteiger partial charge in [-0.2, -0.15) is 0 Å². The van der Waals surface area contributed by atoms with Gasteiger partial charge in [0.25, 0.3) is 11.6 Å². The van der Waals surface area contributed by atoms with Gasteiger partial charge in [0.15, 0.2) is 0 Å². The summed E-state index contributed by atoms with van der Waals surface area (Å²) >= 11 is 3.45. The zero-order chi connectivity index (χ0) is 15.4. The molecule has 6 heteroatoms. The van der Waals surface area contributed by atoms with Crippen molar-refractivity contribution in [3.63, 3.8) is 0 Å². The SMILES string of the molecule is Cc1ccc([N+](=O)[O-])cc1C(=O)N1CCCC(CCBr)C1. The van der Waals surface area contributed by atoms with Crippen LogP contribution in [-0.4, -0.2) is 34.2 Å². The van der Waals surface area contributed by atoms with Gasteiger partial charge in [-0.25, -0.2) is 0 Å². The van der Waals surface area contributed by atoms with Gasteiger partial charge in [0.05, 0.1) is 4.92 Å². The lowest BCUT2D eigenvalue weighted by molar-refractivity contribution is -0.384. The molecule has 1 aromatic rings. The number of non-ortho nitro benzene ring substituents is 1. The number of hydrogen-bond acceptors (Lipinski definition) is 3. The maximum absolute atomic E-state index is 12.6. The number of piperidine rings is 1. The van der Waals surface area contributed by atoms with Crippen molar-refractivity contribution >= 4 is 27.5 Å². The second kappa shape index (κ2) is 7.02. The van der Waals surface area contributed by atoms with Crippen molar-refractivity contribution in [2.24, 2.45) is 5.92 Å². The third-order valence-electron chi connectivity index (χ3n) is 3.99. The Labute approximate surface area is 132 Å². The predicted molar refractivity (Wildman–Crippen MR) is 84.9 cm³/mol. The minimum absolute atomic E-state index is 0.0297. The first-order chi connectivity index (χ1) is 10.0. The van der Waals surface area contributed by atoms with Crippen LogP contribution in [0.15, 0.2) is 18.2 Å². The van der Waals surface area contributed by atoms with E-state index in [0.29, 0.717) is 11.5 Å². The van der Waals surface area contributed by atoms with Crippen LogP contribution in [0, 0.1) is 23.0 Å². The third kappa shape index (κ3) is 3.81. The number of halogens is 1. The molecule has 0 N–H and O–H groups in total. The first-order valence-corrected chi connectivity index (χ1v) is 8.25. The number of benzene rings is 1. The highest BCUT2D eigenvalue weighted by atomic mass is 79.9. The number of nitro groups is 1. The number of carbonyl (C=O) groups excluding carboxylic acids is 1. The summed E-state index contributed by atoms with van der Waals surface area (Å²) in [6, 6.07) is 4.48. The van der Waals surface area contributed by atoms with Gasteiger partial charge in [0.1, 0.15) is 0 Å². The molecule has 0 spiro atoms. The number of alkyl halides is 1. The monoisotopic (exact) mass is 354 g/mol. The molecule has 0 aliphatic carbocycles. The summed E-state index contributed by atoms with van der Waals surface area (Å²) < 4.78 is 0. The molecule has 1 unspecified atom stereocenters. The number of carbonyl (C=O) groups is 1. The molecule has 21 heavy (non-hydrogen) atoms. The van der Waals surface area contributed by atoms with Crippen molar-refractivity contribution in [3.8, 4) is 0 Å². The molecule has 0 aromatic heterocycles. The van der Waals surface area contributed by atoms with E-state index in [1.54, 1.807) is 6.07 Å². The molecule has 1 saturated heterocycles. The standard InChI is InChI=1S/C15H19BrN2O3/c1-11-4-5-13(18(20)21)9-14(11)15(19)17-8-2-3-12(10-17)6-7-16/h4-5,9,12H,2-3,6-8,10H2,1H3. The van der Waals surface area contributed by atoms with E-state index < -0.39 is 4.92 Å². The molecule has 1 aliphatic rings. The van der Waals surface area contributed by atoms with E-state index in [1.165, 1.54) is 12.1 Å². The molecule has 5 nitrogen and oxygen atoms in total. The predicted octanol–water partition coefficient (Wildman–Crippen LogP) is 3.54. The highest BCUT2D eigenvalue weighted by Crippen LogP contribution is 2.24. The summed E-state index contributed by atoms with van der Waals surface area (Å²) in [5, 5.41) is 11.8. The number of hydrogen-bond donors (Lipinski definition) is 0. The van der Waals surface area contributed by atoms with Crippen molar-refractivity contribution in [1.29, 1.82) is 0 Å². The summed E-state index contributed by atoms with van der Waals surface area (Å²) in [5.74, 6) is 0.427. The van der Waals surface area contributed by atoms with Gasteiger partial charge >= 0.3 is 0 Å². The second-order valence-corrected chi connectivity index (χ2v) is 6.29. The molecule has 1 atom stereocenters. The fourth-order valence-electron chi connectivity index (χ4n) is 2.76. The van der Waals surface area contributed by atoms with Gasteiger partial charge in [0.2, 0.25) is 0 Å². The summed E-state index contributed by atoms with van der Waals surface area (Å²) in [5.41, 5.74) is 1.20. The molecule has 114 valence electrons. The van der Waals surface area contributed by atoms with E-state index in [0.717, 1.165) is 43.2 Å². The van der Waals surface area contributed by atoms with Crippen molar-refractivity contribution in [2.45, 2.75) is 26.2 Å². The highest BCUT2D eigenvalue weighted by Gasteiger charge is 2.26. The topological polar surface area (TPSA) is 63.5 Å². The van der Waals surface area contributed by atoms with E-state index >= 15 is 0 Å². The lowest BCUT2D eigenvalue weighted by atomic mass is 9.94. The van der Waals surface area contributed by atoms with Gasteiger partial charge in [-0.3, -0.25) is 14.9 Å². The van der Waals surface area contributed by atoms with Gasteiger partial charge in [0, 0.05) is 36.1 Å². The lowest BCUT2D eigenvalue weighted by Crippen LogP contribution is -2.40. The van der Waals surface area contributed by atoms with E-state index in [2.05, 4.69) is 15.9 Å². The Kier molecular flexibility index (Phi) is 5.33. The van der Waals surface area contributed by atoms with E-state index in [9.17, 15) is 14.9 Å². The number of nitro benzene ring substituents is 1. The fraction of sp³-hybridized carbons (Fsp3) is 0.533. The highest BCUT2D eigenvalue weighted by molar-refractivity contribution is 9.09. The molecule has 1 aliphatic heterocycles. The molecular weight excluding hydrogens is 336 g/mol. The van der Waals surface area contributed by atoms with Crippen LogP contribution in [0.25, 0.3) is 0 Å². The molecule has 1 amide bonds. The van der Waals surface area contributed by atoms with Crippen LogP contribution < -0.4 is 0 Å². The van der Waals surface area contributed by atoms with E-state index in [1.807, 2.05) is 11.8 Å². The quantitative estimate of drug-likeness (QED) is 0.471.